The second-order valence-electron chi connectivity index (χ2n) is 4.82. The minimum absolute atomic E-state index is 0.0831. The molecule has 0 saturated carbocycles. The van der Waals surface area contributed by atoms with E-state index in [0.29, 0.717) is 27.9 Å². The molecule has 0 saturated heterocycles. The van der Waals surface area contributed by atoms with Crippen LogP contribution >= 0.6 is 34.8 Å². The lowest BCUT2D eigenvalue weighted by atomic mass is 9.92. The van der Waals surface area contributed by atoms with Crippen molar-refractivity contribution in [2.24, 2.45) is 0 Å². The van der Waals surface area contributed by atoms with Gasteiger partial charge >= 0.3 is 0 Å². The van der Waals surface area contributed by atoms with Gasteiger partial charge in [-0.1, -0.05) is 55.1 Å². The third-order valence-corrected chi connectivity index (χ3v) is 4.34. The zero-order valence-corrected chi connectivity index (χ0v) is 13.3. The van der Waals surface area contributed by atoms with Gasteiger partial charge < -0.3 is 10.2 Å². The summed E-state index contributed by atoms with van der Waals surface area (Å²) < 4.78 is 0. The fraction of sp³-hybridized carbons (Fsp3) is 0.571. The summed E-state index contributed by atoms with van der Waals surface area (Å²) in [6, 6.07) is 3.33. The summed E-state index contributed by atoms with van der Waals surface area (Å²) in [7, 11) is 0. The molecule has 1 aromatic carbocycles. The molecule has 0 heterocycles. The fourth-order valence-electron chi connectivity index (χ4n) is 2.12. The van der Waals surface area contributed by atoms with Gasteiger partial charge in [0.05, 0.1) is 22.3 Å². The molecule has 1 rings (SSSR count). The van der Waals surface area contributed by atoms with Crippen LogP contribution in [0.5, 0.6) is 0 Å². The normalized spacial score (nSPS) is 16.2. The Morgan fingerprint density at radius 2 is 1.63 bits per heavy atom. The Hall–Kier alpha value is 0.01000. The molecule has 108 valence electrons. The summed E-state index contributed by atoms with van der Waals surface area (Å²) >= 11 is 18.3. The quantitative estimate of drug-likeness (QED) is 0.747. The zero-order valence-electron chi connectivity index (χ0n) is 11.0. The molecule has 2 N–H and O–H groups in total. The van der Waals surface area contributed by atoms with Gasteiger partial charge in [-0.2, -0.15) is 0 Å². The van der Waals surface area contributed by atoms with Gasteiger partial charge in [-0.15, -0.1) is 0 Å². The van der Waals surface area contributed by atoms with E-state index in [2.05, 4.69) is 0 Å². The van der Waals surface area contributed by atoms with E-state index in [-0.39, 0.29) is 5.92 Å². The van der Waals surface area contributed by atoms with Gasteiger partial charge in [0.2, 0.25) is 0 Å². The van der Waals surface area contributed by atoms with Gasteiger partial charge in [0.1, 0.15) is 0 Å². The van der Waals surface area contributed by atoms with Gasteiger partial charge in [0, 0.05) is 5.02 Å². The molecule has 0 aliphatic heterocycles. The van der Waals surface area contributed by atoms with E-state index in [1.165, 1.54) is 0 Å². The van der Waals surface area contributed by atoms with Crippen LogP contribution in [0, 0.1) is 0 Å². The molecule has 5 heteroatoms. The average molecular weight is 326 g/mol. The van der Waals surface area contributed by atoms with E-state index in [1.807, 2.05) is 13.8 Å². The van der Waals surface area contributed by atoms with Crippen LogP contribution in [0.3, 0.4) is 0 Å². The third-order valence-electron chi connectivity index (χ3n) is 3.20. The standard InChI is InChI=1S/C14H19Cl3O2/c1-3-4-11(18)12(19)7-8(2)13-9(15)5-6-10(16)14(13)17/h5-6,8,11-12,18-19H,3-4,7H2,1-2H3. The van der Waals surface area contributed by atoms with Gasteiger partial charge in [-0.25, -0.2) is 0 Å². The van der Waals surface area contributed by atoms with Gasteiger partial charge in [-0.05, 0) is 36.5 Å². The molecule has 3 unspecified atom stereocenters. The summed E-state index contributed by atoms with van der Waals surface area (Å²) in [5.74, 6) is -0.0831. The lowest BCUT2D eigenvalue weighted by Crippen LogP contribution is -2.27. The predicted molar refractivity (Wildman–Crippen MR) is 81.4 cm³/mol. The molecule has 0 aliphatic rings. The summed E-state index contributed by atoms with van der Waals surface area (Å²) in [6.07, 6.45) is 0.280. The van der Waals surface area contributed by atoms with Crippen LogP contribution in [-0.2, 0) is 0 Å². The smallest absolute Gasteiger partial charge is 0.0804 e. The van der Waals surface area contributed by atoms with E-state index >= 15 is 0 Å². The Balaban J connectivity index is 2.84. The largest absolute Gasteiger partial charge is 0.390 e. The molecule has 0 spiro atoms. The molecular formula is C14H19Cl3O2. The first kappa shape index (κ1) is 17.1. The molecule has 0 bridgehead atoms. The maximum Gasteiger partial charge on any atom is 0.0804 e. The van der Waals surface area contributed by atoms with Crippen LogP contribution < -0.4 is 0 Å². The van der Waals surface area contributed by atoms with Gasteiger partial charge in [0.15, 0.2) is 0 Å². The van der Waals surface area contributed by atoms with Gasteiger partial charge in [0.25, 0.3) is 0 Å². The summed E-state index contributed by atoms with van der Waals surface area (Å²) in [5, 5.41) is 21.1. The zero-order chi connectivity index (χ0) is 14.6. The van der Waals surface area contributed by atoms with Crippen molar-refractivity contribution in [3.05, 3.63) is 32.8 Å². The van der Waals surface area contributed by atoms with Crippen molar-refractivity contribution >= 4 is 34.8 Å². The Kier molecular flexibility index (Phi) is 6.92. The molecule has 0 amide bonds. The first-order valence-corrected chi connectivity index (χ1v) is 7.51. The highest BCUT2D eigenvalue weighted by molar-refractivity contribution is 6.44. The molecule has 1 aromatic rings. The lowest BCUT2D eigenvalue weighted by Gasteiger charge is -2.22. The van der Waals surface area contributed by atoms with Crippen molar-refractivity contribution in [2.45, 2.75) is 51.2 Å². The summed E-state index contributed by atoms with van der Waals surface area (Å²) in [4.78, 5) is 0. The summed E-state index contributed by atoms with van der Waals surface area (Å²) in [5.41, 5.74) is 0.721. The second kappa shape index (κ2) is 7.70. The van der Waals surface area contributed by atoms with Crippen LogP contribution in [0.2, 0.25) is 15.1 Å². The number of benzene rings is 1. The van der Waals surface area contributed by atoms with E-state index in [1.54, 1.807) is 12.1 Å². The SMILES string of the molecule is CCCC(O)C(O)CC(C)c1c(Cl)ccc(Cl)c1Cl. The highest BCUT2D eigenvalue weighted by Gasteiger charge is 2.22. The molecule has 19 heavy (non-hydrogen) atoms. The minimum Gasteiger partial charge on any atom is -0.390 e. The molecular weight excluding hydrogens is 307 g/mol. The first-order valence-electron chi connectivity index (χ1n) is 6.38. The van der Waals surface area contributed by atoms with E-state index in [0.717, 1.165) is 12.0 Å². The number of halogens is 3. The maximum atomic E-state index is 9.96. The Morgan fingerprint density at radius 3 is 2.21 bits per heavy atom. The fourth-order valence-corrected chi connectivity index (χ4v) is 3.03. The van der Waals surface area contributed by atoms with Crippen molar-refractivity contribution < 1.29 is 10.2 Å². The topological polar surface area (TPSA) is 40.5 Å². The predicted octanol–water partition coefficient (Wildman–Crippen LogP) is 4.66. The number of rotatable bonds is 6. The van der Waals surface area contributed by atoms with E-state index in [9.17, 15) is 10.2 Å². The van der Waals surface area contributed by atoms with E-state index < -0.39 is 12.2 Å². The van der Waals surface area contributed by atoms with Crippen molar-refractivity contribution in [3.8, 4) is 0 Å². The number of aliphatic hydroxyl groups excluding tert-OH is 2. The van der Waals surface area contributed by atoms with Crippen LogP contribution in [0.4, 0.5) is 0 Å². The van der Waals surface area contributed by atoms with Gasteiger partial charge in [-0.3, -0.25) is 0 Å². The molecule has 3 atom stereocenters. The van der Waals surface area contributed by atoms with Crippen molar-refractivity contribution in [2.75, 3.05) is 0 Å². The third kappa shape index (κ3) is 4.51. The van der Waals surface area contributed by atoms with Crippen LogP contribution in [0.1, 0.15) is 44.6 Å². The molecule has 0 fully saturated rings. The van der Waals surface area contributed by atoms with Crippen molar-refractivity contribution in [1.82, 2.24) is 0 Å². The van der Waals surface area contributed by atoms with E-state index in [4.69, 9.17) is 34.8 Å². The highest BCUT2D eigenvalue weighted by atomic mass is 35.5. The average Bonchev–Trinajstić information content (AvgIpc) is 2.34. The maximum absolute atomic E-state index is 9.96. The Morgan fingerprint density at radius 1 is 1.05 bits per heavy atom. The van der Waals surface area contributed by atoms with Crippen LogP contribution in [0.25, 0.3) is 0 Å². The second-order valence-corrected chi connectivity index (χ2v) is 6.01. The molecule has 0 aliphatic carbocycles. The number of aliphatic hydroxyl groups is 2. The molecule has 0 radical (unpaired) electrons. The van der Waals surface area contributed by atoms with Crippen molar-refractivity contribution in [1.29, 1.82) is 0 Å². The summed E-state index contributed by atoms with van der Waals surface area (Å²) in [6.45, 7) is 3.87. The van der Waals surface area contributed by atoms with Crippen molar-refractivity contribution in [3.63, 3.8) is 0 Å². The van der Waals surface area contributed by atoms with Crippen LogP contribution in [-0.4, -0.2) is 22.4 Å². The Bertz CT molecular complexity index is 423. The first-order chi connectivity index (χ1) is 8.88. The lowest BCUT2D eigenvalue weighted by molar-refractivity contribution is 0.00639. The highest BCUT2D eigenvalue weighted by Crippen LogP contribution is 2.38. The monoisotopic (exact) mass is 324 g/mol. The minimum atomic E-state index is -0.791. The number of hydrogen-bond donors (Lipinski definition) is 2. The molecule has 2 nitrogen and oxygen atoms in total. The Labute approximate surface area is 129 Å². The van der Waals surface area contributed by atoms with Crippen LogP contribution in [0.15, 0.2) is 12.1 Å². The molecule has 0 aromatic heterocycles. The number of hydrogen-bond acceptors (Lipinski definition) is 2.